The fourth-order valence-corrected chi connectivity index (χ4v) is 5.53. The SMILES string of the molecule is C[C@]12CC[C@@H]3c4ccc([O-])cc4CC[C@H]3[C@@H]1CC[C@@H]2O.[Na+]. The maximum atomic E-state index is 11.5. The topological polar surface area (TPSA) is 43.3 Å². The number of hydrogen-bond acceptors (Lipinski definition) is 2. The van der Waals surface area contributed by atoms with Crippen LogP contribution in [0.5, 0.6) is 5.75 Å². The van der Waals surface area contributed by atoms with Crippen LogP contribution in [-0.2, 0) is 6.42 Å². The Morgan fingerprint density at radius 3 is 2.81 bits per heavy atom. The first kappa shape index (κ1) is 15.9. The van der Waals surface area contributed by atoms with Gasteiger partial charge in [0.15, 0.2) is 0 Å². The Morgan fingerprint density at radius 1 is 1.19 bits per heavy atom. The van der Waals surface area contributed by atoms with Crippen molar-refractivity contribution in [2.45, 2.75) is 57.5 Å². The third kappa shape index (κ3) is 2.30. The smallest absolute Gasteiger partial charge is 0.872 e. The Labute approximate surface area is 149 Å². The van der Waals surface area contributed by atoms with Crippen molar-refractivity contribution in [3.8, 4) is 5.75 Å². The van der Waals surface area contributed by atoms with Crippen molar-refractivity contribution in [2.75, 3.05) is 0 Å². The summed E-state index contributed by atoms with van der Waals surface area (Å²) in [5, 5.41) is 21.9. The summed E-state index contributed by atoms with van der Waals surface area (Å²) in [5.41, 5.74) is 2.88. The number of aliphatic hydroxyl groups excluding tert-OH is 1. The van der Waals surface area contributed by atoms with Crippen molar-refractivity contribution in [1.82, 2.24) is 0 Å². The second-order valence-electron chi connectivity index (χ2n) is 7.41. The van der Waals surface area contributed by atoms with E-state index in [1.807, 2.05) is 6.07 Å². The molecule has 0 bridgehead atoms. The monoisotopic (exact) mass is 294 g/mol. The Bertz CT molecular complexity index is 544. The summed E-state index contributed by atoms with van der Waals surface area (Å²) < 4.78 is 0. The summed E-state index contributed by atoms with van der Waals surface area (Å²) in [7, 11) is 0. The zero-order chi connectivity index (χ0) is 13.9. The number of benzene rings is 1. The van der Waals surface area contributed by atoms with Crippen molar-refractivity contribution in [3.05, 3.63) is 29.3 Å². The van der Waals surface area contributed by atoms with Crippen LogP contribution in [0, 0.1) is 17.3 Å². The molecule has 5 atom stereocenters. The van der Waals surface area contributed by atoms with Crippen LogP contribution in [-0.4, -0.2) is 11.2 Å². The van der Waals surface area contributed by atoms with Crippen LogP contribution in [0.15, 0.2) is 18.2 Å². The van der Waals surface area contributed by atoms with Gasteiger partial charge in [-0.2, -0.15) is 0 Å². The third-order valence-electron chi connectivity index (χ3n) is 6.65. The van der Waals surface area contributed by atoms with E-state index in [1.54, 1.807) is 6.07 Å². The summed E-state index contributed by atoms with van der Waals surface area (Å²) >= 11 is 0. The summed E-state index contributed by atoms with van der Waals surface area (Å²) in [4.78, 5) is 0. The summed E-state index contributed by atoms with van der Waals surface area (Å²) in [6.07, 6.45) is 6.64. The number of aryl methyl sites for hydroxylation is 1. The molecule has 0 heterocycles. The van der Waals surface area contributed by atoms with Gasteiger partial charge in [-0.05, 0) is 72.8 Å². The number of fused-ring (bicyclic) bond motifs is 5. The van der Waals surface area contributed by atoms with Crippen molar-refractivity contribution in [2.24, 2.45) is 17.3 Å². The molecule has 0 spiro atoms. The van der Waals surface area contributed by atoms with E-state index in [0.717, 1.165) is 25.2 Å². The second-order valence-corrected chi connectivity index (χ2v) is 7.41. The molecule has 0 radical (unpaired) electrons. The molecule has 1 aromatic rings. The minimum absolute atomic E-state index is 0. The van der Waals surface area contributed by atoms with E-state index in [1.165, 1.54) is 30.4 Å². The number of hydrogen-bond donors (Lipinski definition) is 1. The van der Waals surface area contributed by atoms with Crippen LogP contribution in [0.2, 0.25) is 0 Å². The maximum Gasteiger partial charge on any atom is 1.00 e. The Kier molecular flexibility index (Phi) is 4.20. The van der Waals surface area contributed by atoms with Gasteiger partial charge >= 0.3 is 29.6 Å². The molecule has 3 aliphatic rings. The van der Waals surface area contributed by atoms with Crippen LogP contribution in [0.4, 0.5) is 0 Å². The molecule has 0 unspecified atom stereocenters. The second kappa shape index (κ2) is 5.56. The largest absolute Gasteiger partial charge is 1.00 e. The fraction of sp³-hybridized carbons (Fsp3) is 0.667. The maximum absolute atomic E-state index is 11.5. The van der Waals surface area contributed by atoms with Crippen LogP contribution < -0.4 is 34.7 Å². The first-order valence-corrected chi connectivity index (χ1v) is 8.07. The average Bonchev–Trinajstić information content (AvgIpc) is 2.74. The minimum atomic E-state index is -0.0983. The van der Waals surface area contributed by atoms with E-state index in [0.29, 0.717) is 11.8 Å². The molecule has 21 heavy (non-hydrogen) atoms. The van der Waals surface area contributed by atoms with E-state index in [9.17, 15) is 10.2 Å². The van der Waals surface area contributed by atoms with Crippen LogP contribution in [0.25, 0.3) is 0 Å². The number of aliphatic hydroxyl groups is 1. The molecule has 0 aliphatic heterocycles. The molecule has 0 amide bonds. The summed E-state index contributed by atoms with van der Waals surface area (Å²) in [5.74, 6) is 2.18. The molecule has 0 saturated heterocycles. The molecular formula is C18H23NaO2. The van der Waals surface area contributed by atoms with Crippen molar-refractivity contribution >= 4 is 0 Å². The fourth-order valence-electron chi connectivity index (χ4n) is 5.53. The molecule has 0 aromatic heterocycles. The van der Waals surface area contributed by atoms with Crippen LogP contribution in [0.1, 0.15) is 56.1 Å². The normalized spacial score (nSPS) is 40.7. The predicted molar refractivity (Wildman–Crippen MR) is 76.5 cm³/mol. The van der Waals surface area contributed by atoms with Gasteiger partial charge in [0, 0.05) is 0 Å². The van der Waals surface area contributed by atoms with E-state index in [2.05, 4.69) is 13.0 Å². The third-order valence-corrected chi connectivity index (χ3v) is 6.65. The van der Waals surface area contributed by atoms with Crippen molar-refractivity contribution in [1.29, 1.82) is 0 Å². The quantitative estimate of drug-likeness (QED) is 0.684. The molecule has 2 saturated carbocycles. The van der Waals surface area contributed by atoms with Gasteiger partial charge in [0.2, 0.25) is 0 Å². The molecule has 108 valence electrons. The molecular weight excluding hydrogens is 271 g/mol. The van der Waals surface area contributed by atoms with E-state index < -0.39 is 0 Å². The molecule has 2 fully saturated rings. The van der Waals surface area contributed by atoms with Gasteiger partial charge < -0.3 is 10.2 Å². The molecule has 4 rings (SSSR count). The number of rotatable bonds is 0. The standard InChI is InChI=1S/C18H24O2.Na/c1-18-9-8-14-13-5-3-12(19)10-11(13)2-4-15(14)16(18)6-7-17(18)20;/h3,5,10,14-17,19-20H,2,4,6-9H2,1H3;/q;+1/p-1/t14-,15-,16+,17+,18+;/m1./s1. The van der Waals surface area contributed by atoms with Crippen LogP contribution in [0.3, 0.4) is 0 Å². The van der Waals surface area contributed by atoms with Gasteiger partial charge in [0.05, 0.1) is 6.10 Å². The molecule has 1 N–H and O–H groups in total. The van der Waals surface area contributed by atoms with Gasteiger partial charge in [-0.25, -0.2) is 0 Å². The zero-order valence-corrected chi connectivity index (χ0v) is 15.1. The Balaban J connectivity index is 0.00000132. The Morgan fingerprint density at radius 2 is 2.00 bits per heavy atom. The van der Waals surface area contributed by atoms with Crippen LogP contribution >= 0.6 is 0 Å². The summed E-state index contributed by atoms with van der Waals surface area (Å²) in [6, 6.07) is 5.67. The summed E-state index contributed by atoms with van der Waals surface area (Å²) in [6.45, 7) is 2.31. The van der Waals surface area contributed by atoms with Gasteiger partial charge in [-0.3, -0.25) is 0 Å². The molecule has 3 heteroatoms. The average molecular weight is 294 g/mol. The first-order valence-electron chi connectivity index (χ1n) is 8.07. The predicted octanol–water partition coefficient (Wildman–Crippen LogP) is -0.0188. The van der Waals surface area contributed by atoms with Gasteiger partial charge in [-0.1, -0.05) is 25.1 Å². The minimum Gasteiger partial charge on any atom is -0.872 e. The van der Waals surface area contributed by atoms with Gasteiger partial charge in [-0.15, -0.1) is 5.75 Å². The van der Waals surface area contributed by atoms with E-state index in [4.69, 9.17) is 0 Å². The first-order chi connectivity index (χ1) is 9.59. The molecule has 3 aliphatic carbocycles. The van der Waals surface area contributed by atoms with Crippen molar-refractivity contribution in [3.63, 3.8) is 0 Å². The van der Waals surface area contributed by atoms with Crippen molar-refractivity contribution < 1.29 is 39.8 Å². The Hall–Kier alpha value is -0.0200. The molecule has 1 aromatic carbocycles. The van der Waals surface area contributed by atoms with E-state index >= 15 is 0 Å². The van der Waals surface area contributed by atoms with E-state index in [-0.39, 0.29) is 46.8 Å². The van der Waals surface area contributed by atoms with Gasteiger partial charge in [0.1, 0.15) is 0 Å². The van der Waals surface area contributed by atoms with Gasteiger partial charge in [0.25, 0.3) is 0 Å². The molecule has 2 nitrogen and oxygen atoms in total. The zero-order valence-electron chi connectivity index (χ0n) is 13.1.